The van der Waals surface area contributed by atoms with Crippen molar-refractivity contribution in [2.24, 2.45) is 0 Å². The van der Waals surface area contributed by atoms with Crippen molar-refractivity contribution in [2.45, 2.75) is 70.6 Å². The normalized spacial score (nSPS) is 30.0. The van der Waals surface area contributed by atoms with Crippen molar-refractivity contribution in [3.05, 3.63) is 23.3 Å². The predicted molar refractivity (Wildman–Crippen MR) is 78.8 cm³/mol. The number of hydrogen-bond donors (Lipinski definition) is 1. The molecule has 2 heterocycles. The Kier molecular flexibility index (Phi) is 4.32. The predicted octanol–water partition coefficient (Wildman–Crippen LogP) is 2.19. The van der Waals surface area contributed by atoms with E-state index in [1.54, 1.807) is 0 Å². The van der Waals surface area contributed by atoms with Gasteiger partial charge in [-0.05, 0) is 51.0 Å². The second-order valence-electron chi connectivity index (χ2n) is 6.12. The first kappa shape index (κ1) is 14.0. The van der Waals surface area contributed by atoms with Gasteiger partial charge in [-0.25, -0.2) is 9.97 Å². The molecule has 1 aromatic rings. The Labute approximate surface area is 121 Å². The summed E-state index contributed by atoms with van der Waals surface area (Å²) < 4.78 is 5.76. The molecule has 1 saturated heterocycles. The van der Waals surface area contributed by atoms with Gasteiger partial charge in [0, 0.05) is 30.6 Å². The third-order valence-corrected chi connectivity index (χ3v) is 4.56. The Hall–Kier alpha value is -1.00. The quantitative estimate of drug-likeness (QED) is 0.918. The van der Waals surface area contributed by atoms with E-state index in [0.29, 0.717) is 18.2 Å². The summed E-state index contributed by atoms with van der Waals surface area (Å²) >= 11 is 0. The summed E-state index contributed by atoms with van der Waals surface area (Å²) in [6, 6.07) is 1.20. The van der Waals surface area contributed by atoms with Crippen LogP contribution < -0.4 is 5.32 Å². The fraction of sp³-hybridized carbons (Fsp3) is 0.750. The number of nitrogens with one attached hydrogen (secondary N) is 1. The molecule has 3 rings (SSSR count). The van der Waals surface area contributed by atoms with Gasteiger partial charge in [0.25, 0.3) is 0 Å². The Morgan fingerprint density at radius 3 is 3.10 bits per heavy atom. The largest absolute Gasteiger partial charge is 0.378 e. The van der Waals surface area contributed by atoms with E-state index in [1.165, 1.54) is 17.7 Å². The Morgan fingerprint density at radius 1 is 1.35 bits per heavy atom. The van der Waals surface area contributed by atoms with Crippen LogP contribution in [0.3, 0.4) is 0 Å². The SMILES string of the molecule is CCC1CC(NC2CCc3nc(C)ncc3C2)CCO1. The zero-order valence-electron chi connectivity index (χ0n) is 12.6. The number of rotatable bonds is 3. The van der Waals surface area contributed by atoms with Gasteiger partial charge in [0.05, 0.1) is 6.10 Å². The van der Waals surface area contributed by atoms with Gasteiger partial charge in [-0.2, -0.15) is 0 Å². The minimum absolute atomic E-state index is 0.447. The smallest absolute Gasteiger partial charge is 0.125 e. The van der Waals surface area contributed by atoms with Gasteiger partial charge in [-0.3, -0.25) is 0 Å². The van der Waals surface area contributed by atoms with Gasteiger partial charge >= 0.3 is 0 Å². The van der Waals surface area contributed by atoms with E-state index in [4.69, 9.17) is 4.74 Å². The third kappa shape index (κ3) is 3.18. The van der Waals surface area contributed by atoms with Gasteiger partial charge in [0.2, 0.25) is 0 Å². The van der Waals surface area contributed by atoms with Crippen LogP contribution in [0.25, 0.3) is 0 Å². The first-order valence-corrected chi connectivity index (χ1v) is 7.93. The standard InChI is InChI=1S/C16H25N3O/c1-3-15-9-14(6-7-20-15)19-13-4-5-16-12(8-13)10-17-11(2)18-16/h10,13-15,19H,3-9H2,1-2H3. The molecule has 0 bridgehead atoms. The van der Waals surface area contributed by atoms with Crippen molar-refractivity contribution < 1.29 is 4.74 Å². The molecule has 1 fully saturated rings. The molecule has 3 unspecified atom stereocenters. The number of aromatic nitrogens is 2. The average molecular weight is 275 g/mol. The highest BCUT2D eigenvalue weighted by Crippen LogP contribution is 2.22. The maximum Gasteiger partial charge on any atom is 0.125 e. The molecule has 110 valence electrons. The van der Waals surface area contributed by atoms with Gasteiger partial charge in [0.1, 0.15) is 5.82 Å². The van der Waals surface area contributed by atoms with Crippen LogP contribution in [0.5, 0.6) is 0 Å². The minimum atomic E-state index is 0.447. The van der Waals surface area contributed by atoms with E-state index < -0.39 is 0 Å². The van der Waals surface area contributed by atoms with Gasteiger partial charge < -0.3 is 10.1 Å². The van der Waals surface area contributed by atoms with Crippen LogP contribution in [-0.2, 0) is 17.6 Å². The first-order valence-electron chi connectivity index (χ1n) is 7.93. The molecule has 3 atom stereocenters. The Morgan fingerprint density at radius 2 is 2.25 bits per heavy atom. The summed E-state index contributed by atoms with van der Waals surface area (Å²) in [5.41, 5.74) is 2.59. The molecule has 0 amide bonds. The maximum absolute atomic E-state index is 5.76. The molecule has 4 nitrogen and oxygen atoms in total. The van der Waals surface area contributed by atoms with Gasteiger partial charge in [-0.15, -0.1) is 0 Å². The summed E-state index contributed by atoms with van der Waals surface area (Å²) in [6.45, 7) is 5.09. The van der Waals surface area contributed by atoms with Crippen LogP contribution >= 0.6 is 0 Å². The van der Waals surface area contributed by atoms with Crippen LogP contribution in [0.15, 0.2) is 6.20 Å². The second kappa shape index (κ2) is 6.19. The van der Waals surface area contributed by atoms with Crippen molar-refractivity contribution in [1.82, 2.24) is 15.3 Å². The summed E-state index contributed by atoms with van der Waals surface area (Å²) in [6.07, 6.45) is 9.23. The van der Waals surface area contributed by atoms with Crippen LogP contribution in [0, 0.1) is 6.92 Å². The lowest BCUT2D eigenvalue weighted by molar-refractivity contribution is -0.00222. The fourth-order valence-electron chi connectivity index (χ4n) is 3.40. The molecule has 2 aliphatic rings. The lowest BCUT2D eigenvalue weighted by atomic mass is 9.91. The second-order valence-corrected chi connectivity index (χ2v) is 6.12. The number of aryl methyl sites for hydroxylation is 2. The number of ether oxygens (including phenoxy) is 1. The topological polar surface area (TPSA) is 47.0 Å². The molecule has 20 heavy (non-hydrogen) atoms. The maximum atomic E-state index is 5.76. The van der Waals surface area contributed by atoms with Crippen molar-refractivity contribution in [2.75, 3.05) is 6.61 Å². The highest BCUT2D eigenvalue weighted by Gasteiger charge is 2.26. The van der Waals surface area contributed by atoms with Crippen LogP contribution in [0.4, 0.5) is 0 Å². The van der Waals surface area contributed by atoms with Crippen molar-refractivity contribution in [1.29, 1.82) is 0 Å². The van der Waals surface area contributed by atoms with Crippen molar-refractivity contribution in [3.8, 4) is 0 Å². The van der Waals surface area contributed by atoms with E-state index in [-0.39, 0.29) is 0 Å². The zero-order chi connectivity index (χ0) is 13.9. The molecule has 1 N–H and O–H groups in total. The lowest BCUT2D eigenvalue weighted by Crippen LogP contribution is -2.46. The number of hydrogen-bond acceptors (Lipinski definition) is 4. The molecule has 0 aromatic carbocycles. The van der Waals surface area contributed by atoms with Crippen LogP contribution in [-0.4, -0.2) is 34.8 Å². The van der Waals surface area contributed by atoms with E-state index in [0.717, 1.165) is 44.5 Å². The summed E-state index contributed by atoms with van der Waals surface area (Å²) in [5.74, 6) is 0.894. The molecule has 1 aliphatic heterocycles. The summed E-state index contributed by atoms with van der Waals surface area (Å²) in [4.78, 5) is 8.90. The Bertz CT molecular complexity index is 463. The molecular weight excluding hydrogens is 250 g/mol. The van der Waals surface area contributed by atoms with E-state index in [1.807, 2.05) is 13.1 Å². The lowest BCUT2D eigenvalue weighted by Gasteiger charge is -2.34. The summed E-state index contributed by atoms with van der Waals surface area (Å²) in [5, 5.41) is 3.84. The number of fused-ring (bicyclic) bond motifs is 1. The molecule has 0 radical (unpaired) electrons. The molecule has 1 aliphatic carbocycles. The van der Waals surface area contributed by atoms with E-state index >= 15 is 0 Å². The molecular formula is C16H25N3O. The van der Waals surface area contributed by atoms with Crippen molar-refractivity contribution >= 4 is 0 Å². The van der Waals surface area contributed by atoms with Gasteiger partial charge in [-0.1, -0.05) is 6.92 Å². The third-order valence-electron chi connectivity index (χ3n) is 4.56. The minimum Gasteiger partial charge on any atom is -0.378 e. The highest BCUT2D eigenvalue weighted by atomic mass is 16.5. The average Bonchev–Trinajstić information content (AvgIpc) is 2.47. The van der Waals surface area contributed by atoms with Crippen molar-refractivity contribution in [3.63, 3.8) is 0 Å². The van der Waals surface area contributed by atoms with Crippen LogP contribution in [0.2, 0.25) is 0 Å². The molecule has 0 saturated carbocycles. The number of nitrogens with zero attached hydrogens (tertiary/aromatic N) is 2. The monoisotopic (exact) mass is 275 g/mol. The highest BCUT2D eigenvalue weighted by molar-refractivity contribution is 5.22. The fourth-order valence-corrected chi connectivity index (χ4v) is 3.40. The summed E-state index contributed by atoms with van der Waals surface area (Å²) in [7, 11) is 0. The molecule has 1 aromatic heterocycles. The molecule has 0 spiro atoms. The van der Waals surface area contributed by atoms with Gasteiger partial charge in [0.15, 0.2) is 0 Å². The Balaban J connectivity index is 1.58. The van der Waals surface area contributed by atoms with Crippen LogP contribution in [0.1, 0.15) is 49.7 Å². The van der Waals surface area contributed by atoms with E-state index in [9.17, 15) is 0 Å². The van der Waals surface area contributed by atoms with E-state index in [2.05, 4.69) is 22.2 Å². The first-order chi connectivity index (χ1) is 9.74. The molecule has 4 heteroatoms. The zero-order valence-corrected chi connectivity index (χ0v) is 12.6.